The third-order valence-corrected chi connectivity index (χ3v) is 3.79. The summed E-state index contributed by atoms with van der Waals surface area (Å²) in [6, 6.07) is 6.79. The third-order valence-electron chi connectivity index (χ3n) is 3.54. The molecule has 3 amide bonds. The van der Waals surface area contributed by atoms with Gasteiger partial charge in [-0.3, -0.25) is 4.79 Å². The van der Waals surface area contributed by atoms with Gasteiger partial charge in [-0.1, -0.05) is 23.7 Å². The standard InChI is InChI=1S/C15H21ClN4O2.ClH/c16-12-5-1-10(2-6-12)7-19-15(22)20-9-14(21)18-8-13(17)11-3-4-11;/h1-2,5-6,11,13H,3-4,7-9,17H2,(H,18,21)(H2,19,20,22);1H. The van der Waals surface area contributed by atoms with Crippen LogP contribution in [0.5, 0.6) is 0 Å². The third kappa shape index (κ3) is 7.54. The van der Waals surface area contributed by atoms with Crippen LogP contribution in [0.1, 0.15) is 18.4 Å². The molecular formula is C15H22Cl2N4O2. The molecule has 0 aromatic heterocycles. The number of carbonyl (C=O) groups is 2. The van der Waals surface area contributed by atoms with Gasteiger partial charge in [-0.15, -0.1) is 12.4 Å². The number of nitrogens with two attached hydrogens (primary N) is 1. The summed E-state index contributed by atoms with van der Waals surface area (Å²) in [6.07, 6.45) is 2.28. The first-order chi connectivity index (χ1) is 10.5. The maximum atomic E-state index is 11.6. The number of hydrogen-bond donors (Lipinski definition) is 4. The van der Waals surface area contributed by atoms with Crippen LogP contribution in [0, 0.1) is 5.92 Å². The Morgan fingerprint density at radius 3 is 2.43 bits per heavy atom. The first-order valence-corrected chi connectivity index (χ1v) is 7.71. The normalized spacial score (nSPS) is 14.3. The Morgan fingerprint density at radius 2 is 1.83 bits per heavy atom. The summed E-state index contributed by atoms with van der Waals surface area (Å²) in [5.74, 6) is 0.300. The molecule has 0 bridgehead atoms. The Bertz CT molecular complexity index is 521. The van der Waals surface area contributed by atoms with E-state index in [1.165, 1.54) is 0 Å². The largest absolute Gasteiger partial charge is 0.353 e. The minimum atomic E-state index is -0.392. The van der Waals surface area contributed by atoms with Gasteiger partial charge < -0.3 is 21.7 Å². The van der Waals surface area contributed by atoms with Crippen molar-refractivity contribution in [2.24, 2.45) is 11.7 Å². The van der Waals surface area contributed by atoms with Crippen molar-refractivity contribution in [3.05, 3.63) is 34.9 Å². The van der Waals surface area contributed by atoms with Crippen LogP contribution in [0.4, 0.5) is 4.79 Å². The molecule has 1 aromatic rings. The molecule has 0 radical (unpaired) electrons. The summed E-state index contributed by atoms with van der Waals surface area (Å²) in [6.45, 7) is 0.762. The molecule has 1 aliphatic rings. The fraction of sp³-hybridized carbons (Fsp3) is 0.467. The van der Waals surface area contributed by atoms with Crippen LogP contribution in [0.25, 0.3) is 0 Å². The van der Waals surface area contributed by atoms with E-state index < -0.39 is 6.03 Å². The average Bonchev–Trinajstić information content (AvgIpc) is 3.35. The highest BCUT2D eigenvalue weighted by Crippen LogP contribution is 2.31. The van der Waals surface area contributed by atoms with Crippen LogP contribution >= 0.6 is 24.0 Å². The molecule has 1 unspecified atom stereocenters. The molecule has 1 fully saturated rings. The molecular weight excluding hydrogens is 339 g/mol. The van der Waals surface area contributed by atoms with Crippen molar-refractivity contribution in [2.45, 2.75) is 25.4 Å². The lowest BCUT2D eigenvalue weighted by Crippen LogP contribution is -2.45. The molecule has 6 nitrogen and oxygen atoms in total. The second kappa shape index (κ2) is 9.60. The smallest absolute Gasteiger partial charge is 0.315 e. The van der Waals surface area contributed by atoms with Crippen molar-refractivity contribution >= 4 is 35.9 Å². The van der Waals surface area contributed by atoms with Gasteiger partial charge in [0.15, 0.2) is 0 Å². The molecule has 1 atom stereocenters. The number of hydrogen-bond acceptors (Lipinski definition) is 3. The molecule has 5 N–H and O–H groups in total. The maximum Gasteiger partial charge on any atom is 0.315 e. The second-order valence-electron chi connectivity index (χ2n) is 5.47. The number of rotatable bonds is 7. The summed E-state index contributed by atoms with van der Waals surface area (Å²) >= 11 is 5.78. The van der Waals surface area contributed by atoms with Crippen LogP contribution < -0.4 is 21.7 Å². The van der Waals surface area contributed by atoms with E-state index in [1.807, 2.05) is 12.1 Å². The monoisotopic (exact) mass is 360 g/mol. The first kappa shape index (κ1) is 19.5. The molecule has 2 rings (SSSR count). The molecule has 0 aliphatic heterocycles. The van der Waals surface area contributed by atoms with Gasteiger partial charge >= 0.3 is 6.03 Å². The van der Waals surface area contributed by atoms with Gasteiger partial charge in [0, 0.05) is 24.2 Å². The van der Waals surface area contributed by atoms with E-state index in [0.717, 1.165) is 18.4 Å². The minimum absolute atomic E-state index is 0. The zero-order valence-corrected chi connectivity index (χ0v) is 14.3. The van der Waals surface area contributed by atoms with Gasteiger partial charge in [-0.25, -0.2) is 4.79 Å². The fourth-order valence-corrected chi connectivity index (χ4v) is 2.12. The number of urea groups is 1. The molecule has 0 heterocycles. The van der Waals surface area contributed by atoms with Crippen LogP contribution in [0.2, 0.25) is 5.02 Å². The lowest BCUT2D eigenvalue weighted by atomic mass is 10.2. The predicted octanol–water partition coefficient (Wildman–Crippen LogP) is 1.41. The number of nitrogens with one attached hydrogen (secondary N) is 3. The molecule has 1 saturated carbocycles. The van der Waals surface area contributed by atoms with E-state index in [-0.39, 0.29) is 30.9 Å². The number of benzene rings is 1. The Kier molecular flexibility index (Phi) is 8.16. The summed E-state index contributed by atoms with van der Waals surface area (Å²) in [7, 11) is 0. The first-order valence-electron chi connectivity index (χ1n) is 7.33. The van der Waals surface area contributed by atoms with E-state index >= 15 is 0 Å². The summed E-state index contributed by atoms with van der Waals surface area (Å²) in [5, 5.41) is 8.54. The van der Waals surface area contributed by atoms with Crippen molar-refractivity contribution in [1.82, 2.24) is 16.0 Å². The summed E-state index contributed by atoms with van der Waals surface area (Å²) in [4.78, 5) is 23.2. The second-order valence-corrected chi connectivity index (χ2v) is 5.90. The Morgan fingerprint density at radius 1 is 1.17 bits per heavy atom. The quantitative estimate of drug-likeness (QED) is 0.591. The topological polar surface area (TPSA) is 96.2 Å². The van der Waals surface area contributed by atoms with Crippen LogP contribution in [0.3, 0.4) is 0 Å². The number of halogens is 2. The van der Waals surface area contributed by atoms with Gasteiger partial charge in [-0.2, -0.15) is 0 Å². The summed E-state index contributed by atoms with van der Waals surface area (Å²) in [5.41, 5.74) is 6.81. The van der Waals surface area contributed by atoms with Crippen molar-refractivity contribution < 1.29 is 9.59 Å². The highest BCUT2D eigenvalue weighted by Gasteiger charge is 2.28. The lowest BCUT2D eigenvalue weighted by Gasteiger charge is -2.12. The molecule has 1 aliphatic carbocycles. The molecule has 0 spiro atoms. The van der Waals surface area contributed by atoms with E-state index in [0.29, 0.717) is 24.0 Å². The average molecular weight is 361 g/mol. The maximum absolute atomic E-state index is 11.6. The minimum Gasteiger partial charge on any atom is -0.353 e. The zero-order valence-electron chi connectivity index (χ0n) is 12.7. The SMILES string of the molecule is Cl.NC(CNC(=O)CNC(=O)NCc1ccc(Cl)cc1)C1CC1. The Hall–Kier alpha value is -1.50. The molecule has 1 aromatic carbocycles. The van der Waals surface area contributed by atoms with Crippen molar-refractivity contribution in [1.29, 1.82) is 0 Å². The van der Waals surface area contributed by atoms with Crippen LogP contribution in [0.15, 0.2) is 24.3 Å². The van der Waals surface area contributed by atoms with E-state index in [1.54, 1.807) is 12.1 Å². The van der Waals surface area contributed by atoms with E-state index in [9.17, 15) is 9.59 Å². The predicted molar refractivity (Wildman–Crippen MR) is 92.6 cm³/mol. The number of carbonyl (C=O) groups excluding carboxylic acids is 2. The van der Waals surface area contributed by atoms with Gasteiger partial charge in [0.25, 0.3) is 0 Å². The van der Waals surface area contributed by atoms with Crippen molar-refractivity contribution in [2.75, 3.05) is 13.1 Å². The fourth-order valence-electron chi connectivity index (χ4n) is 1.99. The van der Waals surface area contributed by atoms with Gasteiger partial charge in [-0.05, 0) is 36.5 Å². The van der Waals surface area contributed by atoms with Crippen LogP contribution in [-0.4, -0.2) is 31.1 Å². The van der Waals surface area contributed by atoms with Crippen molar-refractivity contribution in [3.8, 4) is 0 Å². The van der Waals surface area contributed by atoms with Gasteiger partial charge in [0.2, 0.25) is 5.91 Å². The van der Waals surface area contributed by atoms with E-state index in [2.05, 4.69) is 16.0 Å². The van der Waals surface area contributed by atoms with E-state index in [4.69, 9.17) is 17.3 Å². The highest BCUT2D eigenvalue weighted by atomic mass is 35.5. The summed E-state index contributed by atoms with van der Waals surface area (Å²) < 4.78 is 0. The highest BCUT2D eigenvalue weighted by molar-refractivity contribution is 6.30. The number of amides is 3. The lowest BCUT2D eigenvalue weighted by molar-refractivity contribution is -0.120. The van der Waals surface area contributed by atoms with Gasteiger partial charge in [0.05, 0.1) is 6.54 Å². The van der Waals surface area contributed by atoms with Gasteiger partial charge in [0.1, 0.15) is 0 Å². The van der Waals surface area contributed by atoms with Crippen molar-refractivity contribution in [3.63, 3.8) is 0 Å². The Balaban J connectivity index is 0.00000264. The molecule has 23 heavy (non-hydrogen) atoms. The molecule has 0 saturated heterocycles. The Labute approximate surface area is 146 Å². The zero-order chi connectivity index (χ0) is 15.9. The molecule has 8 heteroatoms. The van der Waals surface area contributed by atoms with Crippen LogP contribution in [-0.2, 0) is 11.3 Å². The molecule has 128 valence electrons.